The molecule has 1 aromatic heterocycles. The molecular formula is C15H20N4O. The molecule has 5 heteroatoms. The molecule has 0 atom stereocenters. The summed E-state index contributed by atoms with van der Waals surface area (Å²) in [6, 6.07) is 7.89. The third-order valence-corrected chi connectivity index (χ3v) is 3.24. The molecule has 0 aliphatic rings. The quantitative estimate of drug-likeness (QED) is 0.493. The fraction of sp³-hybridized carbons (Fsp3) is 0.333. The minimum atomic E-state index is -0.188. The van der Waals surface area contributed by atoms with Gasteiger partial charge in [-0.1, -0.05) is 38.1 Å². The van der Waals surface area contributed by atoms with Gasteiger partial charge in [0.25, 0.3) is 0 Å². The lowest BCUT2D eigenvalue weighted by Gasteiger charge is -2.13. The maximum atomic E-state index is 11.5. The third-order valence-electron chi connectivity index (χ3n) is 3.24. The minimum absolute atomic E-state index is 0.188. The largest absolute Gasteiger partial charge is 0.330 e. The molecular weight excluding hydrogens is 252 g/mol. The Kier molecular flexibility index (Phi) is 4.53. The number of nitrogens with zero attached hydrogens (tertiary/aromatic N) is 2. The molecule has 0 fully saturated rings. The minimum Gasteiger partial charge on any atom is -0.330 e. The van der Waals surface area contributed by atoms with Crippen LogP contribution >= 0.6 is 0 Å². The zero-order chi connectivity index (χ0) is 14.5. The van der Waals surface area contributed by atoms with E-state index in [0.29, 0.717) is 18.9 Å². The van der Waals surface area contributed by atoms with E-state index >= 15 is 0 Å². The van der Waals surface area contributed by atoms with Crippen molar-refractivity contribution < 1.29 is 4.79 Å². The highest BCUT2D eigenvalue weighted by atomic mass is 16.2. The number of aromatic nitrogens is 2. The Morgan fingerprint density at radius 2 is 2.05 bits per heavy atom. The zero-order valence-electron chi connectivity index (χ0n) is 11.8. The summed E-state index contributed by atoms with van der Waals surface area (Å²) < 4.78 is 2.11. The second kappa shape index (κ2) is 6.34. The van der Waals surface area contributed by atoms with Gasteiger partial charge in [-0.3, -0.25) is 10.2 Å². The summed E-state index contributed by atoms with van der Waals surface area (Å²) in [6.07, 6.45) is 4.07. The molecule has 5 nitrogen and oxygen atoms in total. The fourth-order valence-corrected chi connectivity index (χ4v) is 2.25. The van der Waals surface area contributed by atoms with E-state index in [1.54, 1.807) is 0 Å². The van der Waals surface area contributed by atoms with Crippen LogP contribution in [0.4, 0.5) is 0 Å². The first kappa shape index (κ1) is 14.3. The second-order valence-corrected chi connectivity index (χ2v) is 5.08. The van der Waals surface area contributed by atoms with Crippen molar-refractivity contribution in [3.8, 4) is 0 Å². The number of rotatable bonds is 5. The number of nitrogens with one attached hydrogen (secondary N) is 1. The van der Waals surface area contributed by atoms with Gasteiger partial charge in [0.05, 0.1) is 6.42 Å². The van der Waals surface area contributed by atoms with Gasteiger partial charge in [0.1, 0.15) is 5.82 Å². The van der Waals surface area contributed by atoms with Crippen molar-refractivity contribution in [2.45, 2.75) is 32.7 Å². The highest BCUT2D eigenvalue weighted by Crippen LogP contribution is 2.16. The van der Waals surface area contributed by atoms with E-state index < -0.39 is 0 Å². The predicted molar refractivity (Wildman–Crippen MR) is 77.9 cm³/mol. The van der Waals surface area contributed by atoms with Crippen LogP contribution in [0.5, 0.6) is 0 Å². The number of imidazole rings is 1. The molecule has 2 rings (SSSR count). The first-order chi connectivity index (χ1) is 9.61. The summed E-state index contributed by atoms with van der Waals surface area (Å²) in [7, 11) is 0. The molecule has 1 heterocycles. The molecule has 1 aromatic carbocycles. The molecule has 2 aromatic rings. The lowest BCUT2D eigenvalue weighted by Crippen LogP contribution is -2.31. The molecule has 0 bridgehead atoms. The van der Waals surface area contributed by atoms with Gasteiger partial charge in [0.2, 0.25) is 5.91 Å². The van der Waals surface area contributed by atoms with Crippen molar-refractivity contribution in [2.75, 3.05) is 0 Å². The first-order valence-electron chi connectivity index (χ1n) is 6.69. The van der Waals surface area contributed by atoms with Crippen molar-refractivity contribution in [1.29, 1.82) is 0 Å². The number of hydrogen-bond acceptors (Lipinski definition) is 3. The summed E-state index contributed by atoms with van der Waals surface area (Å²) in [5.74, 6) is 6.38. The molecule has 0 saturated carbocycles. The normalized spacial score (nSPS) is 10.8. The molecule has 106 valence electrons. The molecule has 1 amide bonds. The van der Waals surface area contributed by atoms with Gasteiger partial charge in [-0.25, -0.2) is 10.8 Å². The van der Waals surface area contributed by atoms with Crippen molar-refractivity contribution in [3.05, 3.63) is 53.6 Å². The molecule has 0 spiro atoms. The van der Waals surface area contributed by atoms with Gasteiger partial charge < -0.3 is 4.57 Å². The highest BCUT2D eigenvalue weighted by molar-refractivity contribution is 5.78. The number of amides is 1. The maximum Gasteiger partial charge on any atom is 0.238 e. The van der Waals surface area contributed by atoms with Gasteiger partial charge in [-0.2, -0.15) is 0 Å². The molecule has 0 aliphatic heterocycles. The van der Waals surface area contributed by atoms with E-state index in [4.69, 9.17) is 5.84 Å². The molecule has 0 radical (unpaired) electrons. The van der Waals surface area contributed by atoms with Crippen LogP contribution in [-0.4, -0.2) is 15.5 Å². The van der Waals surface area contributed by atoms with Crippen LogP contribution in [-0.2, 0) is 17.8 Å². The molecule has 0 saturated heterocycles. The van der Waals surface area contributed by atoms with Gasteiger partial charge in [-0.05, 0) is 11.1 Å². The van der Waals surface area contributed by atoms with Crippen LogP contribution in [0.25, 0.3) is 0 Å². The second-order valence-electron chi connectivity index (χ2n) is 5.08. The molecule has 0 unspecified atom stereocenters. The molecule has 0 aliphatic carbocycles. The van der Waals surface area contributed by atoms with Crippen LogP contribution < -0.4 is 11.3 Å². The number of nitrogens with two attached hydrogens (primary N) is 1. The Labute approximate surface area is 118 Å². The van der Waals surface area contributed by atoms with Gasteiger partial charge in [0, 0.05) is 24.9 Å². The number of benzene rings is 1. The first-order valence-corrected chi connectivity index (χ1v) is 6.69. The van der Waals surface area contributed by atoms with Crippen molar-refractivity contribution in [2.24, 2.45) is 5.84 Å². The summed E-state index contributed by atoms with van der Waals surface area (Å²) in [4.78, 5) is 15.8. The summed E-state index contributed by atoms with van der Waals surface area (Å²) in [5.41, 5.74) is 4.26. The Balaban J connectivity index is 2.25. The van der Waals surface area contributed by atoms with E-state index in [0.717, 1.165) is 17.0 Å². The van der Waals surface area contributed by atoms with Crippen LogP contribution in [0.3, 0.4) is 0 Å². The van der Waals surface area contributed by atoms with E-state index in [2.05, 4.69) is 28.8 Å². The predicted octanol–water partition coefficient (Wildman–Crippen LogP) is 1.59. The van der Waals surface area contributed by atoms with Crippen LogP contribution in [0.2, 0.25) is 0 Å². The van der Waals surface area contributed by atoms with E-state index in [1.807, 2.05) is 36.7 Å². The van der Waals surface area contributed by atoms with Crippen molar-refractivity contribution >= 4 is 5.91 Å². The Morgan fingerprint density at radius 1 is 1.35 bits per heavy atom. The monoisotopic (exact) mass is 272 g/mol. The standard InChI is InChI=1S/C15H20N4O/c1-11(2)15-17-7-8-19(15)10-13-6-4-3-5-12(13)9-14(20)18-16/h3-8,11H,9-10,16H2,1-2H3,(H,18,20). The lowest BCUT2D eigenvalue weighted by atomic mass is 10.0. The topological polar surface area (TPSA) is 72.9 Å². The molecule has 20 heavy (non-hydrogen) atoms. The van der Waals surface area contributed by atoms with Gasteiger partial charge in [-0.15, -0.1) is 0 Å². The SMILES string of the molecule is CC(C)c1nccn1Cc1ccccc1CC(=O)NN. The van der Waals surface area contributed by atoms with Crippen LogP contribution in [0, 0.1) is 0 Å². The Hall–Kier alpha value is -2.14. The zero-order valence-corrected chi connectivity index (χ0v) is 11.8. The van der Waals surface area contributed by atoms with Crippen LogP contribution in [0.15, 0.2) is 36.7 Å². The van der Waals surface area contributed by atoms with E-state index in [-0.39, 0.29) is 5.91 Å². The fourth-order valence-electron chi connectivity index (χ4n) is 2.25. The van der Waals surface area contributed by atoms with Gasteiger partial charge in [0.15, 0.2) is 0 Å². The average Bonchev–Trinajstić information content (AvgIpc) is 2.89. The highest BCUT2D eigenvalue weighted by Gasteiger charge is 2.11. The van der Waals surface area contributed by atoms with Crippen LogP contribution in [0.1, 0.15) is 36.7 Å². The number of carbonyl (C=O) groups excluding carboxylic acids is 1. The Morgan fingerprint density at radius 3 is 2.70 bits per heavy atom. The van der Waals surface area contributed by atoms with Crippen molar-refractivity contribution in [3.63, 3.8) is 0 Å². The number of hydrogen-bond donors (Lipinski definition) is 2. The maximum absolute atomic E-state index is 11.5. The lowest BCUT2D eigenvalue weighted by molar-refractivity contribution is -0.120. The summed E-state index contributed by atoms with van der Waals surface area (Å²) in [6.45, 7) is 4.95. The van der Waals surface area contributed by atoms with E-state index in [9.17, 15) is 4.79 Å². The molecule has 3 N–H and O–H groups in total. The van der Waals surface area contributed by atoms with Gasteiger partial charge >= 0.3 is 0 Å². The van der Waals surface area contributed by atoms with E-state index in [1.165, 1.54) is 0 Å². The third kappa shape index (κ3) is 3.24. The number of hydrazine groups is 1. The summed E-state index contributed by atoms with van der Waals surface area (Å²) in [5, 5.41) is 0. The van der Waals surface area contributed by atoms with Crippen molar-refractivity contribution in [1.82, 2.24) is 15.0 Å². The average molecular weight is 272 g/mol. The Bertz CT molecular complexity index is 589. The number of carbonyl (C=O) groups is 1. The summed E-state index contributed by atoms with van der Waals surface area (Å²) >= 11 is 0. The smallest absolute Gasteiger partial charge is 0.238 e.